The fraction of sp³-hybridized carbons (Fsp3) is 0. The van der Waals surface area contributed by atoms with E-state index in [2.05, 4.69) is 65.4 Å². The predicted octanol–water partition coefficient (Wildman–Crippen LogP) is 6.46. The van der Waals surface area contributed by atoms with Crippen molar-refractivity contribution in [3.05, 3.63) is 102 Å². The van der Waals surface area contributed by atoms with Gasteiger partial charge in [0.05, 0.1) is 5.69 Å². The van der Waals surface area contributed by atoms with Gasteiger partial charge in [0.15, 0.2) is 0 Å². The van der Waals surface area contributed by atoms with Crippen molar-refractivity contribution in [2.75, 3.05) is 0 Å². The lowest BCUT2D eigenvalue weighted by Gasteiger charge is -2.09. The van der Waals surface area contributed by atoms with Gasteiger partial charge in [0.2, 0.25) is 0 Å². The first-order valence-electron chi connectivity index (χ1n) is 7.90. The zero-order valence-corrected chi connectivity index (χ0v) is 13.8. The Morgan fingerprint density at radius 2 is 1.17 bits per heavy atom. The summed E-state index contributed by atoms with van der Waals surface area (Å²) in [5.41, 5.74) is 5.86. The van der Waals surface area contributed by atoms with Crippen LogP contribution in [0.1, 0.15) is 0 Å². The van der Waals surface area contributed by atoms with Crippen molar-refractivity contribution in [3.63, 3.8) is 0 Å². The van der Waals surface area contributed by atoms with Crippen LogP contribution in [0.25, 0.3) is 28.1 Å². The Morgan fingerprint density at radius 3 is 1.79 bits per heavy atom. The molecule has 4 aromatic rings. The molecular weight excluding hydrogens is 314 g/mol. The lowest BCUT2D eigenvalue weighted by Crippen LogP contribution is -1.94. The van der Waals surface area contributed by atoms with Crippen LogP contribution < -0.4 is 0 Å². The van der Waals surface area contributed by atoms with Gasteiger partial charge in [-0.3, -0.25) is 0 Å². The average Bonchev–Trinajstić information content (AvgIpc) is 3.09. The molecule has 0 N–H and O–H groups in total. The monoisotopic (exact) mass is 329 g/mol. The number of hydrogen-bond acceptors (Lipinski definition) is 0. The van der Waals surface area contributed by atoms with Crippen molar-refractivity contribution >= 4 is 11.6 Å². The zero-order chi connectivity index (χ0) is 16.4. The molecule has 0 fully saturated rings. The Labute approximate surface area is 146 Å². The van der Waals surface area contributed by atoms with Crippen LogP contribution in [0.5, 0.6) is 0 Å². The smallest absolute Gasteiger partial charge is 0.0534 e. The number of halogens is 1. The minimum Gasteiger partial charge on any atom is -0.316 e. The summed E-state index contributed by atoms with van der Waals surface area (Å²) in [6.45, 7) is 0. The molecule has 0 atom stereocenters. The van der Waals surface area contributed by atoms with Crippen molar-refractivity contribution in [2.45, 2.75) is 0 Å². The van der Waals surface area contributed by atoms with E-state index >= 15 is 0 Å². The van der Waals surface area contributed by atoms with E-state index < -0.39 is 0 Å². The fourth-order valence-electron chi connectivity index (χ4n) is 2.90. The van der Waals surface area contributed by atoms with Gasteiger partial charge >= 0.3 is 0 Å². The van der Waals surface area contributed by atoms with Crippen molar-refractivity contribution in [1.82, 2.24) is 4.57 Å². The Kier molecular flexibility index (Phi) is 3.94. The Balaban J connectivity index is 1.90. The molecule has 0 aliphatic heterocycles. The third-order valence-electron chi connectivity index (χ3n) is 4.10. The van der Waals surface area contributed by atoms with Gasteiger partial charge < -0.3 is 4.57 Å². The van der Waals surface area contributed by atoms with Crippen molar-refractivity contribution < 1.29 is 0 Å². The van der Waals surface area contributed by atoms with E-state index in [0.29, 0.717) is 0 Å². The molecule has 0 bridgehead atoms. The van der Waals surface area contributed by atoms with E-state index in [4.69, 9.17) is 11.6 Å². The molecule has 1 nitrogen and oxygen atoms in total. The molecule has 4 rings (SSSR count). The maximum absolute atomic E-state index is 6.05. The van der Waals surface area contributed by atoms with Crippen molar-refractivity contribution in [1.29, 1.82) is 0 Å². The van der Waals surface area contributed by atoms with Crippen LogP contribution in [0.3, 0.4) is 0 Å². The molecule has 0 radical (unpaired) electrons. The molecule has 24 heavy (non-hydrogen) atoms. The number of rotatable bonds is 3. The summed E-state index contributed by atoms with van der Waals surface area (Å²) in [5, 5.41) is 0.746. The quantitative estimate of drug-likeness (QED) is 0.406. The predicted molar refractivity (Wildman–Crippen MR) is 102 cm³/mol. The van der Waals surface area contributed by atoms with Gasteiger partial charge in [-0.15, -0.1) is 0 Å². The lowest BCUT2D eigenvalue weighted by atomic mass is 10.1. The first-order chi connectivity index (χ1) is 11.8. The molecule has 3 aromatic carbocycles. The first kappa shape index (κ1) is 14.8. The second-order valence-electron chi connectivity index (χ2n) is 5.69. The van der Waals surface area contributed by atoms with Crippen LogP contribution in [0.15, 0.2) is 97.2 Å². The molecule has 0 saturated heterocycles. The van der Waals surface area contributed by atoms with Gasteiger partial charge in [0.25, 0.3) is 0 Å². The topological polar surface area (TPSA) is 4.93 Å². The second-order valence-corrected chi connectivity index (χ2v) is 6.13. The molecule has 0 aliphatic rings. The summed E-state index contributed by atoms with van der Waals surface area (Å²) in [4.78, 5) is 0. The van der Waals surface area contributed by atoms with Crippen molar-refractivity contribution in [2.24, 2.45) is 0 Å². The maximum atomic E-state index is 6.05. The van der Waals surface area contributed by atoms with Gasteiger partial charge in [0, 0.05) is 22.5 Å². The highest BCUT2D eigenvalue weighted by Gasteiger charge is 2.11. The standard InChI is InChI=1S/C22H16ClN/c23-20-11-13-21(14-12-20)24-16-19(17-7-3-1-4-8-17)15-22(24)18-9-5-2-6-10-18/h1-16H. The van der Waals surface area contributed by atoms with Crippen LogP contribution in [-0.4, -0.2) is 4.57 Å². The van der Waals surface area contributed by atoms with Gasteiger partial charge in [-0.05, 0) is 41.5 Å². The Morgan fingerprint density at radius 1 is 0.583 bits per heavy atom. The third-order valence-corrected chi connectivity index (χ3v) is 4.35. The van der Waals surface area contributed by atoms with Gasteiger partial charge in [0.1, 0.15) is 0 Å². The summed E-state index contributed by atoms with van der Waals surface area (Å²) >= 11 is 6.05. The van der Waals surface area contributed by atoms with E-state index in [1.165, 1.54) is 16.7 Å². The molecule has 116 valence electrons. The maximum Gasteiger partial charge on any atom is 0.0534 e. The molecular formula is C22H16ClN. The second kappa shape index (κ2) is 6.38. The Hall–Kier alpha value is -2.77. The summed E-state index contributed by atoms with van der Waals surface area (Å²) in [5.74, 6) is 0. The average molecular weight is 330 g/mol. The molecule has 0 unspecified atom stereocenters. The molecule has 1 aromatic heterocycles. The van der Waals surface area contributed by atoms with E-state index in [9.17, 15) is 0 Å². The fourth-order valence-corrected chi connectivity index (χ4v) is 3.02. The van der Waals surface area contributed by atoms with Gasteiger partial charge in [-0.1, -0.05) is 72.3 Å². The highest BCUT2D eigenvalue weighted by atomic mass is 35.5. The molecule has 0 amide bonds. The molecule has 1 heterocycles. The number of hydrogen-bond donors (Lipinski definition) is 0. The van der Waals surface area contributed by atoms with E-state index in [1.54, 1.807) is 0 Å². The summed E-state index contributed by atoms with van der Waals surface area (Å²) in [7, 11) is 0. The minimum absolute atomic E-state index is 0.746. The third kappa shape index (κ3) is 2.86. The first-order valence-corrected chi connectivity index (χ1v) is 8.28. The van der Waals surface area contributed by atoms with Gasteiger partial charge in [-0.2, -0.15) is 0 Å². The van der Waals surface area contributed by atoms with E-state index in [-0.39, 0.29) is 0 Å². The van der Waals surface area contributed by atoms with Gasteiger partial charge in [-0.25, -0.2) is 0 Å². The Bertz CT molecular complexity index is 938. The molecule has 0 aliphatic carbocycles. The normalized spacial score (nSPS) is 10.7. The molecule has 0 saturated carbocycles. The van der Waals surface area contributed by atoms with Crippen LogP contribution in [0.4, 0.5) is 0 Å². The summed E-state index contributed by atoms with van der Waals surface area (Å²) in [6.07, 6.45) is 2.18. The van der Waals surface area contributed by atoms with Crippen LogP contribution in [0.2, 0.25) is 5.02 Å². The van der Waals surface area contributed by atoms with Crippen LogP contribution in [0, 0.1) is 0 Å². The van der Waals surface area contributed by atoms with E-state index in [1.807, 2.05) is 36.4 Å². The van der Waals surface area contributed by atoms with Crippen LogP contribution in [-0.2, 0) is 0 Å². The lowest BCUT2D eigenvalue weighted by molar-refractivity contribution is 1.09. The SMILES string of the molecule is Clc1ccc(-n2cc(-c3ccccc3)cc2-c2ccccc2)cc1. The summed E-state index contributed by atoms with van der Waals surface area (Å²) in [6, 6.07) is 31.1. The highest BCUT2D eigenvalue weighted by Crippen LogP contribution is 2.31. The summed E-state index contributed by atoms with van der Waals surface area (Å²) < 4.78 is 2.22. The van der Waals surface area contributed by atoms with E-state index in [0.717, 1.165) is 16.4 Å². The zero-order valence-electron chi connectivity index (χ0n) is 13.1. The highest BCUT2D eigenvalue weighted by molar-refractivity contribution is 6.30. The number of benzene rings is 3. The number of nitrogens with zero attached hydrogens (tertiary/aromatic N) is 1. The van der Waals surface area contributed by atoms with Crippen molar-refractivity contribution in [3.8, 4) is 28.1 Å². The largest absolute Gasteiger partial charge is 0.316 e. The molecule has 0 spiro atoms. The number of aromatic nitrogens is 1. The van der Waals surface area contributed by atoms with Crippen LogP contribution >= 0.6 is 11.6 Å². The minimum atomic E-state index is 0.746. The molecule has 2 heteroatoms.